The van der Waals surface area contributed by atoms with Crippen LogP contribution in [0.3, 0.4) is 0 Å². The fourth-order valence-electron chi connectivity index (χ4n) is 2.10. The number of rotatable bonds is 11. The summed E-state index contributed by atoms with van der Waals surface area (Å²) >= 11 is 0. The highest BCUT2D eigenvalue weighted by molar-refractivity contribution is 5.80. The zero-order chi connectivity index (χ0) is 16.5. The van der Waals surface area contributed by atoms with E-state index < -0.39 is 5.54 Å². The molecule has 0 spiro atoms. The molecule has 21 heavy (non-hydrogen) atoms. The molecule has 0 aromatic rings. The second kappa shape index (κ2) is 9.38. The van der Waals surface area contributed by atoms with Crippen LogP contribution in [0.25, 0.3) is 0 Å². The molecule has 5 heteroatoms. The third-order valence-corrected chi connectivity index (χ3v) is 3.76. The molecule has 0 bridgehead atoms. The maximum Gasteiger partial charge on any atom is 0.325 e. The van der Waals surface area contributed by atoms with Crippen molar-refractivity contribution in [2.24, 2.45) is 0 Å². The fourth-order valence-corrected chi connectivity index (χ4v) is 2.10. The Balaban J connectivity index is 4.40. The largest absolute Gasteiger partial charge is 0.468 e. The summed E-state index contributed by atoms with van der Waals surface area (Å²) in [5.74, 6) is -0.247. The highest BCUT2D eigenvalue weighted by Crippen LogP contribution is 2.18. The first-order valence-corrected chi connectivity index (χ1v) is 7.71. The third kappa shape index (κ3) is 7.79. The van der Waals surface area contributed by atoms with Crippen molar-refractivity contribution in [2.45, 2.75) is 71.1 Å². The Labute approximate surface area is 129 Å². The summed E-state index contributed by atoms with van der Waals surface area (Å²) in [6.45, 7) is 11.4. The number of esters is 1. The van der Waals surface area contributed by atoms with Gasteiger partial charge < -0.3 is 19.5 Å². The quantitative estimate of drug-likeness (QED) is 0.594. The van der Waals surface area contributed by atoms with E-state index in [9.17, 15) is 4.79 Å². The van der Waals surface area contributed by atoms with Crippen molar-refractivity contribution >= 4 is 5.97 Å². The van der Waals surface area contributed by atoms with Crippen LogP contribution < -0.4 is 5.32 Å². The van der Waals surface area contributed by atoms with E-state index in [0.29, 0.717) is 13.0 Å². The molecule has 0 radical (unpaired) electrons. The van der Waals surface area contributed by atoms with Gasteiger partial charge in [-0.1, -0.05) is 6.92 Å². The van der Waals surface area contributed by atoms with Crippen LogP contribution in [0.5, 0.6) is 0 Å². The van der Waals surface area contributed by atoms with E-state index in [0.717, 1.165) is 19.4 Å². The summed E-state index contributed by atoms with van der Waals surface area (Å²) < 4.78 is 16.1. The molecule has 0 heterocycles. The van der Waals surface area contributed by atoms with Crippen LogP contribution in [0.1, 0.15) is 53.9 Å². The lowest BCUT2D eigenvalue weighted by atomic mass is 9.94. The van der Waals surface area contributed by atoms with Crippen LogP contribution >= 0.6 is 0 Å². The molecule has 5 nitrogen and oxygen atoms in total. The van der Waals surface area contributed by atoms with Crippen molar-refractivity contribution in [2.75, 3.05) is 27.4 Å². The van der Waals surface area contributed by atoms with Crippen molar-refractivity contribution in [1.29, 1.82) is 0 Å². The number of ether oxygens (including phenoxy) is 3. The van der Waals surface area contributed by atoms with Gasteiger partial charge in [-0.3, -0.25) is 4.79 Å². The Hall–Kier alpha value is -0.650. The Kier molecular flexibility index (Phi) is 9.09. The molecule has 0 aliphatic rings. The van der Waals surface area contributed by atoms with E-state index in [1.165, 1.54) is 7.11 Å². The van der Waals surface area contributed by atoms with Gasteiger partial charge in [0.05, 0.1) is 18.8 Å². The number of hydrogen-bond acceptors (Lipinski definition) is 5. The summed E-state index contributed by atoms with van der Waals surface area (Å²) in [7, 11) is 3.12. The smallest absolute Gasteiger partial charge is 0.325 e. The van der Waals surface area contributed by atoms with Gasteiger partial charge in [0, 0.05) is 20.1 Å². The number of methoxy groups -OCH3 is 2. The summed E-state index contributed by atoms with van der Waals surface area (Å²) in [4.78, 5) is 12.0. The molecule has 2 unspecified atom stereocenters. The molecular formula is C16H33NO4. The molecule has 2 atom stereocenters. The van der Waals surface area contributed by atoms with Gasteiger partial charge in [-0.25, -0.2) is 0 Å². The standard InChI is InChI=1S/C16H33NO4/c1-8-10-17-16(5,14(18)19-6)12-13(2)21-11-9-15(3,4)20-7/h13,17H,8-12H2,1-7H3. The maximum atomic E-state index is 12.0. The summed E-state index contributed by atoms with van der Waals surface area (Å²) in [5, 5.41) is 3.27. The monoisotopic (exact) mass is 303 g/mol. The van der Waals surface area contributed by atoms with Gasteiger partial charge in [-0.15, -0.1) is 0 Å². The van der Waals surface area contributed by atoms with Crippen molar-refractivity contribution in [3.63, 3.8) is 0 Å². The topological polar surface area (TPSA) is 56.8 Å². The van der Waals surface area contributed by atoms with Crippen molar-refractivity contribution in [1.82, 2.24) is 5.32 Å². The molecule has 0 aromatic heterocycles. The molecular weight excluding hydrogens is 270 g/mol. The van der Waals surface area contributed by atoms with Gasteiger partial charge in [0.15, 0.2) is 0 Å². The Morgan fingerprint density at radius 2 is 1.86 bits per heavy atom. The molecule has 0 saturated heterocycles. The normalized spacial score (nSPS) is 16.3. The van der Waals surface area contributed by atoms with Crippen molar-refractivity contribution < 1.29 is 19.0 Å². The predicted octanol–water partition coefficient (Wildman–Crippen LogP) is 2.53. The summed E-state index contributed by atoms with van der Waals surface area (Å²) in [5.41, 5.74) is -0.896. The van der Waals surface area contributed by atoms with Crippen LogP contribution in [0, 0.1) is 0 Å². The average molecular weight is 303 g/mol. The van der Waals surface area contributed by atoms with Gasteiger partial charge in [0.2, 0.25) is 0 Å². The first-order chi connectivity index (χ1) is 9.70. The van der Waals surface area contributed by atoms with E-state index in [1.54, 1.807) is 7.11 Å². The number of nitrogens with one attached hydrogen (secondary N) is 1. The lowest BCUT2D eigenvalue weighted by Crippen LogP contribution is -2.52. The van der Waals surface area contributed by atoms with Crippen molar-refractivity contribution in [3.05, 3.63) is 0 Å². The summed E-state index contributed by atoms with van der Waals surface area (Å²) in [6.07, 6.45) is 2.31. The Morgan fingerprint density at radius 3 is 2.33 bits per heavy atom. The van der Waals surface area contributed by atoms with E-state index in [-0.39, 0.29) is 17.7 Å². The Morgan fingerprint density at radius 1 is 1.24 bits per heavy atom. The lowest BCUT2D eigenvalue weighted by Gasteiger charge is -2.31. The third-order valence-electron chi connectivity index (χ3n) is 3.76. The molecule has 0 saturated carbocycles. The molecule has 0 rings (SSSR count). The van der Waals surface area contributed by atoms with Gasteiger partial charge >= 0.3 is 5.97 Å². The second-order valence-corrected chi connectivity index (χ2v) is 6.35. The predicted molar refractivity (Wildman–Crippen MR) is 84.5 cm³/mol. The number of carbonyl (C=O) groups is 1. The minimum atomic E-state index is -0.707. The highest BCUT2D eigenvalue weighted by Gasteiger charge is 2.35. The Bertz CT molecular complexity index is 307. The van der Waals surface area contributed by atoms with E-state index in [2.05, 4.69) is 12.2 Å². The first kappa shape index (κ1) is 20.3. The molecule has 126 valence electrons. The van der Waals surface area contributed by atoms with Crippen LogP contribution in [0.15, 0.2) is 0 Å². The minimum absolute atomic E-state index is 0.0360. The van der Waals surface area contributed by atoms with Gasteiger partial charge in [-0.05, 0) is 47.1 Å². The molecule has 0 aliphatic heterocycles. The molecule has 0 fully saturated rings. The van der Waals surface area contributed by atoms with Crippen LogP contribution in [0.2, 0.25) is 0 Å². The zero-order valence-corrected chi connectivity index (χ0v) is 14.7. The molecule has 0 aliphatic carbocycles. The van der Waals surface area contributed by atoms with Gasteiger partial charge in [0.25, 0.3) is 0 Å². The SMILES string of the molecule is CCCNC(C)(CC(C)OCCC(C)(C)OC)C(=O)OC. The number of hydrogen-bond donors (Lipinski definition) is 1. The fraction of sp³-hybridized carbons (Fsp3) is 0.938. The van der Waals surface area contributed by atoms with Crippen molar-refractivity contribution in [3.8, 4) is 0 Å². The lowest BCUT2D eigenvalue weighted by molar-refractivity contribution is -0.149. The van der Waals surface area contributed by atoms with E-state index in [4.69, 9.17) is 14.2 Å². The van der Waals surface area contributed by atoms with Crippen LogP contribution in [-0.4, -0.2) is 50.6 Å². The van der Waals surface area contributed by atoms with Gasteiger partial charge in [0.1, 0.15) is 5.54 Å². The van der Waals surface area contributed by atoms with Gasteiger partial charge in [-0.2, -0.15) is 0 Å². The minimum Gasteiger partial charge on any atom is -0.468 e. The number of carbonyl (C=O) groups excluding carboxylic acids is 1. The first-order valence-electron chi connectivity index (χ1n) is 7.71. The molecule has 0 aromatic carbocycles. The second-order valence-electron chi connectivity index (χ2n) is 6.35. The molecule has 0 amide bonds. The summed E-state index contributed by atoms with van der Waals surface area (Å²) in [6, 6.07) is 0. The highest BCUT2D eigenvalue weighted by atomic mass is 16.5. The molecule has 1 N–H and O–H groups in total. The zero-order valence-electron chi connectivity index (χ0n) is 14.7. The van der Waals surface area contributed by atoms with E-state index >= 15 is 0 Å². The van der Waals surface area contributed by atoms with Crippen LogP contribution in [0.4, 0.5) is 0 Å². The average Bonchev–Trinajstić information content (AvgIpc) is 2.43. The maximum absolute atomic E-state index is 12.0. The van der Waals surface area contributed by atoms with Crippen LogP contribution in [-0.2, 0) is 19.0 Å². The van der Waals surface area contributed by atoms with E-state index in [1.807, 2.05) is 27.7 Å².